The number of hydrogen-bond acceptors (Lipinski definition) is 4. The maximum Gasteiger partial charge on any atom is 0.322 e. The first kappa shape index (κ1) is 24.9. The monoisotopic (exact) mass is 446 g/mol. The standard InChI is InChI=1S/C24H34N2O4S/c1-4-6-7-8-9-16-25-24(29)26(3)22-15-14-21(31-22)19-12-10-18(11-13-19)20(30-5-2)17-23(27)28/h10-15,20H,4-9,16-17H2,1-3H3,(H,25,29)(H,27,28)/t20-/m0/s1. The van der Waals surface area contributed by atoms with E-state index in [0.29, 0.717) is 13.2 Å². The Bertz CT molecular complexity index is 819. The number of anilines is 1. The second-order valence-electron chi connectivity index (χ2n) is 7.51. The van der Waals surface area contributed by atoms with E-state index < -0.39 is 12.1 Å². The van der Waals surface area contributed by atoms with Crippen LogP contribution < -0.4 is 10.2 Å². The molecule has 0 aliphatic carbocycles. The fraction of sp³-hybridized carbons (Fsp3) is 0.500. The van der Waals surface area contributed by atoms with Gasteiger partial charge in [-0.05, 0) is 36.6 Å². The SMILES string of the molecule is CCCCCCCNC(=O)N(C)c1ccc(-c2ccc([C@H](CC(=O)O)OCC)cc2)s1. The molecule has 2 rings (SSSR count). The average molecular weight is 447 g/mol. The molecular formula is C24H34N2O4S. The Morgan fingerprint density at radius 1 is 1.06 bits per heavy atom. The lowest BCUT2D eigenvalue weighted by Gasteiger charge is -2.16. The quantitative estimate of drug-likeness (QED) is 0.365. The first-order chi connectivity index (χ1) is 15.0. The van der Waals surface area contributed by atoms with Crippen molar-refractivity contribution in [1.82, 2.24) is 5.32 Å². The number of ether oxygens (including phenoxy) is 1. The Hall–Kier alpha value is -2.38. The van der Waals surface area contributed by atoms with Gasteiger partial charge < -0.3 is 15.2 Å². The summed E-state index contributed by atoms with van der Waals surface area (Å²) in [5.41, 5.74) is 1.87. The number of hydrogen-bond donors (Lipinski definition) is 2. The van der Waals surface area contributed by atoms with E-state index in [4.69, 9.17) is 9.84 Å². The number of carboxylic acids is 1. The Balaban J connectivity index is 1.95. The van der Waals surface area contributed by atoms with Crippen LogP contribution in [0.25, 0.3) is 10.4 Å². The Kier molecular flexibility index (Phi) is 10.5. The van der Waals surface area contributed by atoms with E-state index in [1.807, 2.05) is 43.3 Å². The van der Waals surface area contributed by atoms with E-state index in [0.717, 1.165) is 33.8 Å². The van der Waals surface area contributed by atoms with Crippen molar-refractivity contribution in [3.63, 3.8) is 0 Å². The highest BCUT2D eigenvalue weighted by Crippen LogP contribution is 2.34. The van der Waals surface area contributed by atoms with Crippen LogP contribution in [0.15, 0.2) is 36.4 Å². The van der Waals surface area contributed by atoms with Gasteiger partial charge in [0.15, 0.2) is 0 Å². The van der Waals surface area contributed by atoms with E-state index >= 15 is 0 Å². The molecule has 2 aromatic rings. The number of rotatable bonds is 13. The lowest BCUT2D eigenvalue weighted by atomic mass is 10.0. The molecule has 0 saturated heterocycles. The molecule has 0 radical (unpaired) electrons. The Morgan fingerprint density at radius 3 is 2.42 bits per heavy atom. The van der Waals surface area contributed by atoms with Crippen molar-refractivity contribution in [2.75, 3.05) is 25.1 Å². The van der Waals surface area contributed by atoms with Gasteiger partial charge in [-0.2, -0.15) is 0 Å². The van der Waals surface area contributed by atoms with Crippen molar-refractivity contribution < 1.29 is 19.4 Å². The number of urea groups is 1. The van der Waals surface area contributed by atoms with Gasteiger partial charge in [0.25, 0.3) is 0 Å². The number of unbranched alkanes of at least 4 members (excludes halogenated alkanes) is 4. The lowest BCUT2D eigenvalue weighted by Crippen LogP contribution is -2.37. The second kappa shape index (κ2) is 13.1. The van der Waals surface area contributed by atoms with Crippen LogP contribution in [0.2, 0.25) is 0 Å². The summed E-state index contributed by atoms with van der Waals surface area (Å²) < 4.78 is 5.58. The van der Waals surface area contributed by atoms with Crippen LogP contribution in [-0.2, 0) is 9.53 Å². The third kappa shape index (κ3) is 7.99. The zero-order valence-corrected chi connectivity index (χ0v) is 19.5. The Morgan fingerprint density at radius 2 is 1.77 bits per heavy atom. The summed E-state index contributed by atoms with van der Waals surface area (Å²) >= 11 is 1.55. The molecule has 1 aromatic carbocycles. The molecule has 0 aliphatic rings. The third-order valence-electron chi connectivity index (χ3n) is 5.08. The molecule has 0 unspecified atom stereocenters. The molecule has 1 heterocycles. The van der Waals surface area contributed by atoms with Crippen LogP contribution in [-0.4, -0.2) is 37.3 Å². The molecule has 6 nitrogen and oxygen atoms in total. The highest BCUT2D eigenvalue weighted by molar-refractivity contribution is 7.19. The first-order valence-electron chi connectivity index (χ1n) is 11.0. The zero-order chi connectivity index (χ0) is 22.6. The third-order valence-corrected chi connectivity index (χ3v) is 6.29. The normalized spacial score (nSPS) is 11.8. The second-order valence-corrected chi connectivity index (χ2v) is 8.57. The first-order valence-corrected chi connectivity index (χ1v) is 11.8. The van der Waals surface area contributed by atoms with Crippen LogP contribution in [0.5, 0.6) is 0 Å². The fourth-order valence-corrected chi connectivity index (χ4v) is 4.27. The molecule has 2 N–H and O–H groups in total. The molecule has 31 heavy (non-hydrogen) atoms. The van der Waals surface area contributed by atoms with Gasteiger partial charge in [0, 0.05) is 25.1 Å². The predicted molar refractivity (Wildman–Crippen MR) is 127 cm³/mol. The number of carbonyl (C=O) groups excluding carboxylic acids is 1. The molecule has 0 spiro atoms. The molecule has 1 aromatic heterocycles. The van der Waals surface area contributed by atoms with E-state index in [9.17, 15) is 9.59 Å². The smallest absolute Gasteiger partial charge is 0.322 e. The van der Waals surface area contributed by atoms with Crippen molar-refractivity contribution in [1.29, 1.82) is 0 Å². The predicted octanol–water partition coefficient (Wildman–Crippen LogP) is 6.08. The molecule has 0 saturated carbocycles. The van der Waals surface area contributed by atoms with Gasteiger partial charge in [0.1, 0.15) is 0 Å². The number of thiophene rings is 1. The van der Waals surface area contributed by atoms with E-state index in [1.165, 1.54) is 19.3 Å². The zero-order valence-electron chi connectivity index (χ0n) is 18.7. The number of carbonyl (C=O) groups is 2. The van der Waals surface area contributed by atoms with Crippen LogP contribution in [0.3, 0.4) is 0 Å². The van der Waals surface area contributed by atoms with Gasteiger partial charge in [0.05, 0.1) is 17.5 Å². The van der Waals surface area contributed by atoms with Crippen LogP contribution in [0.1, 0.15) is 64.0 Å². The van der Waals surface area contributed by atoms with Gasteiger partial charge in [-0.3, -0.25) is 9.69 Å². The van der Waals surface area contributed by atoms with Gasteiger partial charge in [-0.15, -0.1) is 11.3 Å². The minimum atomic E-state index is -0.882. The van der Waals surface area contributed by atoms with E-state index in [-0.39, 0.29) is 12.5 Å². The van der Waals surface area contributed by atoms with E-state index in [2.05, 4.69) is 12.2 Å². The van der Waals surface area contributed by atoms with Crippen molar-refractivity contribution in [3.05, 3.63) is 42.0 Å². The van der Waals surface area contributed by atoms with E-state index in [1.54, 1.807) is 23.3 Å². The number of amides is 2. The summed E-state index contributed by atoms with van der Waals surface area (Å²) in [5.74, 6) is -0.882. The van der Waals surface area contributed by atoms with Crippen LogP contribution in [0.4, 0.5) is 9.80 Å². The molecule has 7 heteroatoms. The van der Waals surface area contributed by atoms with Crippen LogP contribution >= 0.6 is 11.3 Å². The van der Waals surface area contributed by atoms with Gasteiger partial charge in [0.2, 0.25) is 0 Å². The number of carboxylic acid groups (broad SMARTS) is 1. The minimum absolute atomic E-state index is 0.0607. The maximum atomic E-state index is 12.4. The molecule has 1 atom stereocenters. The summed E-state index contributed by atoms with van der Waals surface area (Å²) in [6, 6.07) is 11.6. The molecule has 170 valence electrons. The summed E-state index contributed by atoms with van der Waals surface area (Å²) in [6.07, 6.45) is 5.32. The molecule has 0 fully saturated rings. The number of nitrogens with one attached hydrogen (secondary N) is 1. The topological polar surface area (TPSA) is 78.9 Å². The summed E-state index contributed by atoms with van der Waals surface area (Å²) in [4.78, 5) is 26.2. The van der Waals surface area contributed by atoms with Gasteiger partial charge >= 0.3 is 12.0 Å². The average Bonchev–Trinajstić information content (AvgIpc) is 3.25. The van der Waals surface area contributed by atoms with Crippen molar-refractivity contribution >= 4 is 28.3 Å². The summed E-state index contributed by atoms with van der Waals surface area (Å²) in [7, 11) is 1.78. The van der Waals surface area contributed by atoms with Crippen molar-refractivity contribution in [2.24, 2.45) is 0 Å². The summed E-state index contributed by atoms with van der Waals surface area (Å²) in [6.45, 7) is 5.21. The highest BCUT2D eigenvalue weighted by Gasteiger charge is 2.17. The largest absolute Gasteiger partial charge is 0.481 e. The van der Waals surface area contributed by atoms with Gasteiger partial charge in [-0.25, -0.2) is 4.79 Å². The van der Waals surface area contributed by atoms with Crippen molar-refractivity contribution in [2.45, 2.75) is 58.5 Å². The number of aliphatic carboxylic acids is 1. The molecule has 2 amide bonds. The fourth-order valence-electron chi connectivity index (χ4n) is 3.30. The number of benzene rings is 1. The summed E-state index contributed by atoms with van der Waals surface area (Å²) in [5, 5.41) is 13.0. The van der Waals surface area contributed by atoms with Crippen molar-refractivity contribution in [3.8, 4) is 10.4 Å². The molecule has 0 bridgehead atoms. The highest BCUT2D eigenvalue weighted by atomic mass is 32.1. The van der Waals surface area contributed by atoms with Gasteiger partial charge in [-0.1, -0.05) is 56.9 Å². The lowest BCUT2D eigenvalue weighted by molar-refractivity contribution is -0.140. The Labute approximate surface area is 189 Å². The number of nitrogens with zero attached hydrogens (tertiary/aromatic N) is 1. The van der Waals surface area contributed by atoms with Crippen LogP contribution in [0, 0.1) is 0 Å². The minimum Gasteiger partial charge on any atom is -0.481 e. The maximum absolute atomic E-state index is 12.4. The molecular weight excluding hydrogens is 412 g/mol. The molecule has 0 aliphatic heterocycles.